The molecule has 0 fully saturated rings. The van der Waals surface area contributed by atoms with E-state index in [4.69, 9.17) is 16.1 Å². The van der Waals surface area contributed by atoms with Crippen LogP contribution in [0.4, 0.5) is 0 Å². The van der Waals surface area contributed by atoms with E-state index in [0.717, 1.165) is 28.3 Å². The molecule has 0 amide bonds. The Morgan fingerprint density at radius 3 is 2.65 bits per heavy atom. The molecule has 0 radical (unpaired) electrons. The number of hydrogen-bond acceptors (Lipinski definition) is 3. The van der Waals surface area contributed by atoms with Crippen molar-refractivity contribution in [2.75, 3.05) is 0 Å². The Bertz CT molecular complexity index is 638. The average molecular weight is 283 g/mol. The zero-order chi connectivity index (χ0) is 13.9. The van der Waals surface area contributed by atoms with Crippen LogP contribution in [0, 0.1) is 5.41 Å². The minimum atomic E-state index is 0.101. The third kappa shape index (κ3) is 2.70. The number of aromatic nitrogens is 1. The summed E-state index contributed by atoms with van der Waals surface area (Å²) in [5, 5.41) is 8.64. The second kappa shape index (κ2) is 5.67. The van der Waals surface area contributed by atoms with Crippen molar-refractivity contribution in [1.29, 1.82) is 5.41 Å². The molecule has 0 aliphatic heterocycles. The van der Waals surface area contributed by atoms with Crippen molar-refractivity contribution in [1.82, 2.24) is 4.98 Å². The predicted molar refractivity (Wildman–Crippen MR) is 82.5 cm³/mol. The highest BCUT2D eigenvalue weighted by Gasteiger charge is 2.17. The molecule has 0 unspecified atom stereocenters. The lowest BCUT2D eigenvalue weighted by Gasteiger charge is -2.18. The van der Waals surface area contributed by atoms with E-state index in [9.17, 15) is 0 Å². The highest BCUT2D eigenvalue weighted by molar-refractivity contribution is 7.99. The molecule has 20 heavy (non-hydrogen) atoms. The molecule has 1 aromatic heterocycles. The second-order valence-electron chi connectivity index (χ2n) is 4.98. The van der Waals surface area contributed by atoms with Gasteiger partial charge in [-0.25, -0.2) is 4.98 Å². The normalized spacial score (nSPS) is 13.8. The van der Waals surface area contributed by atoms with Gasteiger partial charge in [-0.15, -0.1) is 0 Å². The third-order valence-corrected chi connectivity index (χ3v) is 4.53. The molecule has 0 saturated carbocycles. The number of pyridine rings is 1. The molecule has 0 bridgehead atoms. The minimum Gasteiger partial charge on any atom is -0.384 e. The number of amidine groups is 1. The van der Waals surface area contributed by atoms with Gasteiger partial charge in [0.25, 0.3) is 0 Å². The lowest BCUT2D eigenvalue weighted by atomic mass is 9.95. The van der Waals surface area contributed by atoms with Crippen molar-refractivity contribution in [3.63, 3.8) is 0 Å². The zero-order valence-corrected chi connectivity index (χ0v) is 12.0. The van der Waals surface area contributed by atoms with Crippen molar-refractivity contribution in [2.24, 2.45) is 5.73 Å². The van der Waals surface area contributed by atoms with Gasteiger partial charge in [-0.2, -0.15) is 0 Å². The first-order chi connectivity index (χ1) is 9.74. The fourth-order valence-corrected chi connectivity index (χ4v) is 3.44. The van der Waals surface area contributed by atoms with E-state index in [2.05, 4.69) is 18.2 Å². The maximum atomic E-state index is 7.78. The van der Waals surface area contributed by atoms with E-state index in [1.165, 1.54) is 24.1 Å². The fraction of sp³-hybridized carbons (Fsp3) is 0.250. The minimum absolute atomic E-state index is 0.101. The van der Waals surface area contributed by atoms with Crippen LogP contribution in [0.25, 0.3) is 0 Å². The van der Waals surface area contributed by atoms with E-state index in [-0.39, 0.29) is 5.84 Å². The van der Waals surface area contributed by atoms with E-state index in [0.29, 0.717) is 0 Å². The third-order valence-electron chi connectivity index (χ3n) is 3.51. The van der Waals surface area contributed by atoms with Gasteiger partial charge < -0.3 is 5.73 Å². The summed E-state index contributed by atoms with van der Waals surface area (Å²) in [6, 6.07) is 12.2. The molecule has 0 atom stereocenters. The number of nitrogens with two attached hydrogens (primary N) is 1. The lowest BCUT2D eigenvalue weighted by Crippen LogP contribution is -2.16. The van der Waals surface area contributed by atoms with Crippen LogP contribution < -0.4 is 5.73 Å². The van der Waals surface area contributed by atoms with Crippen molar-refractivity contribution in [3.05, 3.63) is 53.2 Å². The van der Waals surface area contributed by atoms with Gasteiger partial charge in [0.15, 0.2) is 0 Å². The Kier molecular flexibility index (Phi) is 3.74. The van der Waals surface area contributed by atoms with E-state index < -0.39 is 0 Å². The second-order valence-corrected chi connectivity index (χ2v) is 6.05. The number of fused-ring (bicyclic) bond motifs is 1. The maximum Gasteiger partial charge on any atom is 0.125 e. The van der Waals surface area contributed by atoms with Crippen molar-refractivity contribution < 1.29 is 0 Å². The quantitative estimate of drug-likeness (QED) is 0.670. The largest absolute Gasteiger partial charge is 0.384 e. The van der Waals surface area contributed by atoms with Crippen molar-refractivity contribution >= 4 is 17.6 Å². The van der Waals surface area contributed by atoms with Crippen LogP contribution in [0.1, 0.15) is 29.7 Å². The molecule has 3 nitrogen and oxygen atoms in total. The summed E-state index contributed by atoms with van der Waals surface area (Å²) in [4.78, 5) is 5.90. The maximum absolute atomic E-state index is 7.78. The Labute approximate surface area is 123 Å². The Hall–Kier alpha value is -1.81. The number of benzene rings is 1. The number of hydrogen-bond donors (Lipinski definition) is 2. The van der Waals surface area contributed by atoms with E-state index in [1.54, 1.807) is 11.8 Å². The number of nitrogens with zero attached hydrogens (tertiary/aromatic N) is 1. The van der Waals surface area contributed by atoms with Gasteiger partial charge in [0, 0.05) is 16.2 Å². The predicted octanol–water partition coefficient (Wildman–Crippen LogP) is 3.40. The van der Waals surface area contributed by atoms with Gasteiger partial charge in [0.2, 0.25) is 0 Å². The van der Waals surface area contributed by atoms with Gasteiger partial charge in [-0.3, -0.25) is 5.41 Å². The molecule has 3 rings (SSSR count). The topological polar surface area (TPSA) is 62.8 Å². The first-order valence-electron chi connectivity index (χ1n) is 6.84. The standard InChI is InChI=1S/C16H17N3S/c17-15(18)13-10-11-6-4-5-9-14(11)19-16(13)20-12-7-2-1-3-8-12/h1-3,7-8,10H,4-6,9H2,(H3,17,18). The van der Waals surface area contributed by atoms with Gasteiger partial charge in [-0.05, 0) is 49.4 Å². The molecule has 1 aromatic carbocycles. The zero-order valence-electron chi connectivity index (χ0n) is 11.2. The summed E-state index contributed by atoms with van der Waals surface area (Å²) >= 11 is 1.58. The van der Waals surface area contributed by atoms with Crippen LogP contribution in [0.2, 0.25) is 0 Å². The molecule has 102 valence electrons. The molecule has 1 heterocycles. The van der Waals surface area contributed by atoms with E-state index in [1.807, 2.05) is 18.2 Å². The Balaban J connectivity index is 2.02. The van der Waals surface area contributed by atoms with Crippen LogP contribution in [0.15, 0.2) is 46.3 Å². The van der Waals surface area contributed by atoms with Crippen molar-refractivity contribution in [3.8, 4) is 0 Å². The highest BCUT2D eigenvalue weighted by atomic mass is 32.2. The smallest absolute Gasteiger partial charge is 0.125 e. The molecule has 1 aliphatic carbocycles. The summed E-state index contributed by atoms with van der Waals surface area (Å²) in [7, 11) is 0. The van der Waals surface area contributed by atoms with E-state index >= 15 is 0 Å². The van der Waals surface area contributed by atoms with Gasteiger partial charge in [0.1, 0.15) is 10.9 Å². The Morgan fingerprint density at radius 2 is 1.90 bits per heavy atom. The summed E-state index contributed by atoms with van der Waals surface area (Å²) in [5.74, 6) is 0.101. The van der Waals surface area contributed by atoms with Crippen LogP contribution in [0.5, 0.6) is 0 Å². The lowest BCUT2D eigenvalue weighted by molar-refractivity contribution is 0.660. The summed E-state index contributed by atoms with van der Waals surface area (Å²) in [6.07, 6.45) is 4.50. The van der Waals surface area contributed by atoms with Crippen LogP contribution in [-0.2, 0) is 12.8 Å². The summed E-state index contributed by atoms with van der Waals surface area (Å²) in [5.41, 5.74) is 8.94. The van der Waals surface area contributed by atoms with Crippen LogP contribution in [0.3, 0.4) is 0 Å². The highest BCUT2D eigenvalue weighted by Crippen LogP contribution is 2.31. The molecule has 3 N–H and O–H groups in total. The number of nitrogens with one attached hydrogen (secondary N) is 1. The van der Waals surface area contributed by atoms with Gasteiger partial charge in [-0.1, -0.05) is 30.0 Å². The van der Waals surface area contributed by atoms with Crippen LogP contribution in [-0.4, -0.2) is 10.8 Å². The number of aryl methyl sites for hydroxylation is 2. The first-order valence-corrected chi connectivity index (χ1v) is 7.66. The number of rotatable bonds is 3. The summed E-state index contributed by atoms with van der Waals surface area (Å²) in [6.45, 7) is 0. The summed E-state index contributed by atoms with van der Waals surface area (Å²) < 4.78 is 0. The van der Waals surface area contributed by atoms with Crippen molar-refractivity contribution in [2.45, 2.75) is 35.6 Å². The Morgan fingerprint density at radius 1 is 1.15 bits per heavy atom. The molecule has 4 heteroatoms. The number of nitrogen functional groups attached to an aromatic ring is 1. The monoisotopic (exact) mass is 283 g/mol. The molecule has 0 spiro atoms. The van der Waals surface area contributed by atoms with Gasteiger partial charge >= 0.3 is 0 Å². The molecular weight excluding hydrogens is 266 g/mol. The fourth-order valence-electron chi connectivity index (χ4n) is 2.49. The first kappa shape index (κ1) is 13.2. The average Bonchev–Trinajstić information content (AvgIpc) is 2.47. The molecule has 0 saturated heterocycles. The van der Waals surface area contributed by atoms with Gasteiger partial charge in [0.05, 0.1) is 0 Å². The molecule has 1 aliphatic rings. The van der Waals surface area contributed by atoms with Crippen LogP contribution >= 0.6 is 11.8 Å². The molecule has 2 aromatic rings. The SMILES string of the molecule is N=C(N)c1cc2c(nc1Sc1ccccc1)CCCC2. The molecular formula is C16H17N3S.